The molecule has 0 atom stereocenters. The van der Waals surface area contributed by atoms with Gasteiger partial charge < -0.3 is 0 Å². The SMILES string of the molecule is CC[CH2][Sn][I]. The summed E-state index contributed by atoms with van der Waals surface area (Å²) in [6.07, 6.45) is 1.41. The summed E-state index contributed by atoms with van der Waals surface area (Å²) in [6, 6.07) is 0. The molecule has 0 aliphatic carbocycles. The molecular formula is C3H7ISn. The zero-order valence-electron chi connectivity index (χ0n) is 3.29. The van der Waals surface area contributed by atoms with E-state index in [9.17, 15) is 0 Å². The van der Waals surface area contributed by atoms with E-state index in [-0.39, 0.29) is 17.2 Å². The molecule has 2 heteroatoms. The maximum atomic E-state index is 2.56. The van der Waals surface area contributed by atoms with Crippen molar-refractivity contribution in [3.8, 4) is 0 Å². The van der Waals surface area contributed by atoms with Crippen molar-refractivity contribution in [2.45, 2.75) is 17.8 Å². The molecule has 5 heavy (non-hydrogen) atoms. The molecule has 0 bridgehead atoms. The van der Waals surface area contributed by atoms with Crippen LogP contribution in [0.5, 0.6) is 0 Å². The first-order chi connectivity index (χ1) is 2.41. The predicted molar refractivity (Wildman–Crippen MR) is 34.9 cm³/mol. The maximum absolute atomic E-state index is 2.56. The third-order valence-electron chi connectivity index (χ3n) is 0.344. The van der Waals surface area contributed by atoms with Crippen LogP contribution in [0.3, 0.4) is 0 Å². The molecule has 0 saturated heterocycles. The van der Waals surface area contributed by atoms with E-state index >= 15 is 0 Å². The van der Waals surface area contributed by atoms with E-state index in [1.54, 1.807) is 4.44 Å². The van der Waals surface area contributed by atoms with Crippen LogP contribution in [0.25, 0.3) is 0 Å². The normalized spacial score (nSPS) is 8.40. The topological polar surface area (TPSA) is 0 Å². The molecule has 0 aromatic heterocycles. The summed E-state index contributed by atoms with van der Waals surface area (Å²) in [5, 5.41) is 0. The first-order valence-corrected chi connectivity index (χ1v) is 12.1. The van der Waals surface area contributed by atoms with Gasteiger partial charge in [0, 0.05) is 0 Å². The van der Waals surface area contributed by atoms with Crippen LogP contribution < -0.4 is 0 Å². The molecule has 0 aromatic carbocycles. The van der Waals surface area contributed by atoms with Gasteiger partial charge in [0.25, 0.3) is 0 Å². The van der Waals surface area contributed by atoms with Crippen molar-refractivity contribution >= 4 is 35.8 Å². The van der Waals surface area contributed by atoms with Gasteiger partial charge in [-0.05, 0) is 0 Å². The number of rotatable bonds is 2. The molecule has 0 aliphatic heterocycles. The first-order valence-electron chi connectivity index (χ1n) is 1.75. The third kappa shape index (κ3) is 5.53. The molecule has 0 saturated carbocycles. The molecule has 30 valence electrons. The Bertz CT molecular complexity index is 14.4. The molecule has 0 aromatic rings. The van der Waals surface area contributed by atoms with Crippen LogP contribution in [0.1, 0.15) is 13.3 Å². The number of halogens is 1. The minimum absolute atomic E-state index is 0.176. The van der Waals surface area contributed by atoms with Gasteiger partial charge in [-0.1, -0.05) is 0 Å². The van der Waals surface area contributed by atoms with Crippen LogP contribution >= 0.6 is 18.6 Å². The summed E-state index contributed by atoms with van der Waals surface area (Å²) in [5.74, 6) is 0. The molecule has 0 amide bonds. The predicted octanol–water partition coefficient (Wildman–Crippen LogP) is 1.87. The standard InChI is InChI=1S/C3H7.HI.Sn/c1-3-2;;/h1,3H2,2H3;1H;/q;;+1/p-1. The van der Waals surface area contributed by atoms with Crippen LogP contribution in [0.2, 0.25) is 4.44 Å². The van der Waals surface area contributed by atoms with Crippen LogP contribution in [0.15, 0.2) is 0 Å². The van der Waals surface area contributed by atoms with E-state index < -0.39 is 0 Å². The average Bonchev–Trinajstić information content (AvgIpc) is 1.41. The van der Waals surface area contributed by atoms with E-state index in [0.717, 1.165) is 0 Å². The van der Waals surface area contributed by atoms with E-state index in [4.69, 9.17) is 0 Å². The Balaban J connectivity index is 2.19. The van der Waals surface area contributed by atoms with Crippen molar-refractivity contribution in [3.63, 3.8) is 0 Å². The average molecular weight is 289 g/mol. The molecular weight excluding hydrogens is 282 g/mol. The number of hydrogen-bond acceptors (Lipinski definition) is 0. The van der Waals surface area contributed by atoms with Crippen LogP contribution in [0.4, 0.5) is 0 Å². The summed E-state index contributed by atoms with van der Waals surface area (Å²) >= 11 is 2.73. The fraction of sp³-hybridized carbons (Fsp3) is 1.00. The van der Waals surface area contributed by atoms with E-state index in [1.807, 2.05) is 0 Å². The molecule has 2 radical (unpaired) electrons. The molecule has 0 heterocycles. The monoisotopic (exact) mass is 290 g/mol. The van der Waals surface area contributed by atoms with Gasteiger partial charge in [0.05, 0.1) is 0 Å². The van der Waals surface area contributed by atoms with Crippen LogP contribution in [-0.4, -0.2) is 17.2 Å². The molecule has 0 nitrogen and oxygen atoms in total. The summed E-state index contributed by atoms with van der Waals surface area (Å²) in [5.41, 5.74) is 0. The Labute approximate surface area is 53.1 Å². The van der Waals surface area contributed by atoms with E-state index in [1.165, 1.54) is 6.42 Å². The molecule has 0 fully saturated rings. The molecule has 0 rings (SSSR count). The van der Waals surface area contributed by atoms with Crippen molar-refractivity contribution in [2.24, 2.45) is 0 Å². The van der Waals surface area contributed by atoms with Crippen molar-refractivity contribution in [1.29, 1.82) is 0 Å². The van der Waals surface area contributed by atoms with Crippen LogP contribution in [0, 0.1) is 0 Å². The van der Waals surface area contributed by atoms with Crippen molar-refractivity contribution in [2.75, 3.05) is 0 Å². The summed E-state index contributed by atoms with van der Waals surface area (Å²) < 4.78 is 1.55. The fourth-order valence-corrected chi connectivity index (χ4v) is 4.25. The quantitative estimate of drug-likeness (QED) is 0.538. The summed E-state index contributed by atoms with van der Waals surface area (Å²) in [6.45, 7) is 2.25. The van der Waals surface area contributed by atoms with E-state index in [2.05, 4.69) is 25.6 Å². The second kappa shape index (κ2) is 5.53. The Kier molecular flexibility index (Phi) is 7.22. The molecule has 0 aliphatic rings. The van der Waals surface area contributed by atoms with Crippen molar-refractivity contribution < 1.29 is 0 Å². The Morgan fingerprint density at radius 1 is 1.80 bits per heavy atom. The van der Waals surface area contributed by atoms with Gasteiger partial charge in [-0.3, -0.25) is 0 Å². The zero-order valence-corrected chi connectivity index (χ0v) is 8.30. The minimum atomic E-state index is 0.176. The molecule has 0 unspecified atom stereocenters. The first kappa shape index (κ1) is 6.53. The molecule has 0 N–H and O–H groups in total. The third-order valence-corrected chi connectivity index (χ3v) is 5.93. The number of hydrogen-bond donors (Lipinski definition) is 0. The second-order valence-corrected chi connectivity index (χ2v) is 8.19. The van der Waals surface area contributed by atoms with Gasteiger partial charge in [-0.2, -0.15) is 0 Å². The van der Waals surface area contributed by atoms with Crippen molar-refractivity contribution in [1.82, 2.24) is 0 Å². The van der Waals surface area contributed by atoms with Gasteiger partial charge in [0.1, 0.15) is 0 Å². The van der Waals surface area contributed by atoms with Gasteiger partial charge in [0.15, 0.2) is 0 Å². The van der Waals surface area contributed by atoms with Gasteiger partial charge >= 0.3 is 53.6 Å². The second-order valence-electron chi connectivity index (χ2n) is 0.884. The van der Waals surface area contributed by atoms with Gasteiger partial charge in [0.2, 0.25) is 0 Å². The summed E-state index contributed by atoms with van der Waals surface area (Å²) in [7, 11) is 0. The van der Waals surface area contributed by atoms with Gasteiger partial charge in [-0.15, -0.1) is 0 Å². The summed E-state index contributed by atoms with van der Waals surface area (Å²) in [4.78, 5) is 0. The Morgan fingerprint density at radius 2 is 2.40 bits per heavy atom. The molecule has 0 spiro atoms. The Hall–Kier alpha value is 1.53. The fourth-order valence-electron chi connectivity index (χ4n) is 0.0945. The Morgan fingerprint density at radius 3 is 2.40 bits per heavy atom. The van der Waals surface area contributed by atoms with E-state index in [0.29, 0.717) is 0 Å². The van der Waals surface area contributed by atoms with Crippen LogP contribution in [-0.2, 0) is 0 Å². The van der Waals surface area contributed by atoms with Crippen molar-refractivity contribution in [3.05, 3.63) is 0 Å². The van der Waals surface area contributed by atoms with Gasteiger partial charge in [-0.25, -0.2) is 0 Å². The zero-order chi connectivity index (χ0) is 4.12.